The minimum Gasteiger partial charge on any atom is -0.426 e. The second-order valence-corrected chi connectivity index (χ2v) is 7.87. The second-order valence-electron chi connectivity index (χ2n) is 7.09. The van der Waals surface area contributed by atoms with Gasteiger partial charge in [0.15, 0.2) is 5.78 Å². The van der Waals surface area contributed by atoms with Gasteiger partial charge in [-0.05, 0) is 41.7 Å². The average Bonchev–Trinajstić information content (AvgIpc) is 3.20. The van der Waals surface area contributed by atoms with Crippen LogP contribution in [0.15, 0.2) is 47.2 Å². The highest BCUT2D eigenvalue weighted by atomic mass is 32.1. The van der Waals surface area contributed by atoms with Crippen LogP contribution in [0.5, 0.6) is 0 Å². The lowest BCUT2D eigenvalue weighted by Crippen LogP contribution is -2.51. The monoisotopic (exact) mass is 385 g/mol. The van der Waals surface area contributed by atoms with E-state index in [9.17, 15) is 19.6 Å². The van der Waals surface area contributed by atoms with E-state index in [0.29, 0.717) is 24.8 Å². The summed E-state index contributed by atoms with van der Waals surface area (Å²) in [6, 6.07) is 11.0. The first kappa shape index (κ1) is 19.8. The van der Waals surface area contributed by atoms with Crippen molar-refractivity contribution in [1.82, 2.24) is 5.32 Å². The summed E-state index contributed by atoms with van der Waals surface area (Å²) in [4.78, 5) is 25.8. The molecule has 1 aliphatic rings. The summed E-state index contributed by atoms with van der Waals surface area (Å²) in [6.07, 6.45) is 3.49. The zero-order valence-corrected chi connectivity index (χ0v) is 15.9. The third-order valence-corrected chi connectivity index (χ3v) is 5.95. The first-order valence-corrected chi connectivity index (χ1v) is 10.3. The summed E-state index contributed by atoms with van der Waals surface area (Å²) in [6.45, 7) is 0. The fourth-order valence-corrected chi connectivity index (χ4v) is 4.44. The summed E-state index contributed by atoms with van der Waals surface area (Å²) in [5.41, 5.74) is 1.57. The van der Waals surface area contributed by atoms with Crippen LogP contribution in [0.1, 0.15) is 41.6 Å². The Hall–Kier alpha value is -1.96. The maximum absolute atomic E-state index is 12.9. The molecule has 3 rings (SSSR count). The van der Waals surface area contributed by atoms with Gasteiger partial charge in [0.1, 0.15) is 0 Å². The van der Waals surface area contributed by atoms with Gasteiger partial charge >= 0.3 is 7.12 Å². The molecule has 1 fully saturated rings. The first-order chi connectivity index (χ1) is 13.1. The minimum atomic E-state index is -1.65. The lowest BCUT2D eigenvalue weighted by Gasteiger charge is -2.31. The number of rotatable bonds is 7. The molecule has 1 saturated carbocycles. The molecule has 2 aromatic rings. The summed E-state index contributed by atoms with van der Waals surface area (Å²) >= 11 is 1.52. The van der Waals surface area contributed by atoms with E-state index in [-0.39, 0.29) is 17.6 Å². The Balaban J connectivity index is 1.71. The molecule has 0 aliphatic heterocycles. The Morgan fingerprint density at radius 2 is 1.81 bits per heavy atom. The topological polar surface area (TPSA) is 86.6 Å². The van der Waals surface area contributed by atoms with Crippen molar-refractivity contribution in [2.45, 2.75) is 38.0 Å². The molecule has 27 heavy (non-hydrogen) atoms. The van der Waals surface area contributed by atoms with Crippen LogP contribution in [0.4, 0.5) is 0 Å². The summed E-state index contributed by atoms with van der Waals surface area (Å²) in [5.74, 6) is -1.86. The van der Waals surface area contributed by atoms with Gasteiger partial charge in [0, 0.05) is 17.4 Å². The van der Waals surface area contributed by atoms with Crippen LogP contribution in [0.25, 0.3) is 0 Å². The van der Waals surface area contributed by atoms with Crippen molar-refractivity contribution in [1.29, 1.82) is 0 Å². The summed E-state index contributed by atoms with van der Waals surface area (Å²) in [5, 5.41) is 26.0. The zero-order valence-electron chi connectivity index (χ0n) is 15.1. The Morgan fingerprint density at radius 1 is 1.11 bits per heavy atom. The van der Waals surface area contributed by atoms with E-state index in [0.717, 1.165) is 18.4 Å². The number of ketones is 1. The molecule has 1 amide bonds. The van der Waals surface area contributed by atoms with E-state index in [1.165, 1.54) is 11.3 Å². The van der Waals surface area contributed by atoms with Gasteiger partial charge in [-0.2, -0.15) is 11.3 Å². The molecule has 1 heterocycles. The third kappa shape index (κ3) is 5.06. The van der Waals surface area contributed by atoms with Crippen molar-refractivity contribution in [3.8, 4) is 0 Å². The standard InChI is InChI=1S/C20H24BNO4S/c23-19(15-6-2-1-3-7-15)16-8-4-5-9-17(16)20(24)22-18(21(25)26)12-14-10-11-27-13-14/h1-3,6-7,10-11,13,16-18,25-26H,4-5,8-9,12H2,(H,22,24)/t16-,17-,18-/m0/s1. The largest absolute Gasteiger partial charge is 0.475 e. The molecule has 1 aromatic heterocycles. The van der Waals surface area contributed by atoms with Crippen molar-refractivity contribution in [3.05, 3.63) is 58.3 Å². The second kappa shape index (κ2) is 9.31. The van der Waals surface area contributed by atoms with Gasteiger partial charge in [0.05, 0.1) is 5.94 Å². The van der Waals surface area contributed by atoms with E-state index in [2.05, 4.69) is 5.32 Å². The highest BCUT2D eigenvalue weighted by Gasteiger charge is 2.38. The van der Waals surface area contributed by atoms with Crippen molar-refractivity contribution >= 4 is 30.1 Å². The van der Waals surface area contributed by atoms with Crippen molar-refractivity contribution in [2.75, 3.05) is 0 Å². The first-order valence-electron chi connectivity index (χ1n) is 9.33. The van der Waals surface area contributed by atoms with E-state index >= 15 is 0 Å². The van der Waals surface area contributed by atoms with Gasteiger partial charge in [-0.1, -0.05) is 43.2 Å². The highest BCUT2D eigenvalue weighted by molar-refractivity contribution is 7.07. The fourth-order valence-electron chi connectivity index (χ4n) is 3.76. The molecule has 0 spiro atoms. The van der Waals surface area contributed by atoms with Gasteiger partial charge in [-0.3, -0.25) is 9.59 Å². The number of benzene rings is 1. The number of Topliss-reactive ketones (excluding diaryl/α,β-unsaturated/α-hetero) is 1. The maximum Gasteiger partial charge on any atom is 0.475 e. The average molecular weight is 385 g/mol. The number of nitrogens with one attached hydrogen (secondary N) is 1. The van der Waals surface area contributed by atoms with Crippen LogP contribution in [-0.4, -0.2) is 34.8 Å². The molecule has 1 aliphatic carbocycles. The van der Waals surface area contributed by atoms with Crippen LogP contribution in [-0.2, 0) is 11.2 Å². The minimum absolute atomic E-state index is 0.00520. The van der Waals surface area contributed by atoms with Gasteiger partial charge in [0.2, 0.25) is 5.91 Å². The lowest BCUT2D eigenvalue weighted by molar-refractivity contribution is -0.127. The Kier molecular flexibility index (Phi) is 6.82. The Morgan fingerprint density at radius 3 is 2.44 bits per heavy atom. The number of hydrogen-bond donors (Lipinski definition) is 3. The Bertz CT molecular complexity index is 751. The molecule has 3 N–H and O–H groups in total. The van der Waals surface area contributed by atoms with E-state index in [1.54, 1.807) is 12.1 Å². The summed E-state index contributed by atoms with van der Waals surface area (Å²) < 4.78 is 0. The number of amides is 1. The highest BCUT2D eigenvalue weighted by Crippen LogP contribution is 2.33. The lowest BCUT2D eigenvalue weighted by atomic mass is 9.73. The van der Waals surface area contributed by atoms with Gasteiger partial charge < -0.3 is 15.4 Å². The number of hydrogen-bond acceptors (Lipinski definition) is 5. The number of thiophene rings is 1. The molecule has 3 atom stereocenters. The van der Waals surface area contributed by atoms with Gasteiger partial charge in [-0.25, -0.2) is 0 Å². The fraction of sp³-hybridized carbons (Fsp3) is 0.400. The van der Waals surface area contributed by atoms with Crippen LogP contribution in [0, 0.1) is 11.8 Å². The predicted molar refractivity (Wildman–Crippen MR) is 106 cm³/mol. The molecule has 0 unspecified atom stereocenters. The van der Waals surface area contributed by atoms with Crippen LogP contribution in [0.2, 0.25) is 0 Å². The van der Waals surface area contributed by atoms with E-state index < -0.39 is 19.0 Å². The molecule has 7 heteroatoms. The van der Waals surface area contributed by atoms with Crippen molar-refractivity contribution in [2.24, 2.45) is 11.8 Å². The smallest absolute Gasteiger partial charge is 0.426 e. The quantitative estimate of drug-likeness (QED) is 0.505. The molecule has 142 valence electrons. The zero-order chi connectivity index (χ0) is 19.2. The predicted octanol–water partition coefficient (Wildman–Crippen LogP) is 2.48. The van der Waals surface area contributed by atoms with Gasteiger partial charge in [0.25, 0.3) is 0 Å². The third-order valence-electron chi connectivity index (χ3n) is 5.22. The summed E-state index contributed by atoms with van der Waals surface area (Å²) in [7, 11) is -1.65. The SMILES string of the molecule is O=C(N[C@@H](Cc1ccsc1)B(O)O)[C@H]1CCCC[C@@H]1C(=O)c1ccccc1. The normalized spacial score (nSPS) is 20.7. The van der Waals surface area contributed by atoms with E-state index in [1.807, 2.05) is 35.0 Å². The van der Waals surface area contributed by atoms with Crippen molar-refractivity contribution < 1.29 is 19.6 Å². The molecule has 1 aromatic carbocycles. The maximum atomic E-state index is 12.9. The van der Waals surface area contributed by atoms with Crippen LogP contribution in [0.3, 0.4) is 0 Å². The van der Waals surface area contributed by atoms with Crippen LogP contribution >= 0.6 is 11.3 Å². The molecule has 0 radical (unpaired) electrons. The van der Waals surface area contributed by atoms with Crippen molar-refractivity contribution in [3.63, 3.8) is 0 Å². The molecule has 0 saturated heterocycles. The molecule has 5 nitrogen and oxygen atoms in total. The van der Waals surface area contributed by atoms with Gasteiger partial charge in [-0.15, -0.1) is 0 Å². The number of carbonyl (C=O) groups excluding carboxylic acids is 2. The van der Waals surface area contributed by atoms with E-state index in [4.69, 9.17) is 0 Å². The molecular formula is C20H24BNO4S. The number of carbonyl (C=O) groups is 2. The molecule has 0 bridgehead atoms. The molecular weight excluding hydrogens is 361 g/mol. The Labute approximate surface area is 163 Å². The van der Waals surface area contributed by atoms with Crippen LogP contribution < -0.4 is 5.32 Å².